The maximum absolute atomic E-state index is 14.0. The number of hydrogen-bond donors (Lipinski definition) is 1. The predicted octanol–water partition coefficient (Wildman–Crippen LogP) is 8.45. The van der Waals surface area contributed by atoms with Crippen LogP contribution in [-0.4, -0.2) is 68.2 Å². The Morgan fingerprint density at radius 2 is 1.61 bits per heavy atom. The molecule has 0 bridgehead atoms. The molecular weight excluding hydrogens is 708 g/mol. The molecule has 2 heterocycles. The number of anilines is 2. The molecule has 1 aliphatic heterocycles. The van der Waals surface area contributed by atoms with Gasteiger partial charge in [0.05, 0.1) is 57.7 Å². The highest BCUT2D eigenvalue weighted by atomic mass is 19.4. The highest BCUT2D eigenvalue weighted by Gasteiger charge is 2.31. The molecule has 0 radical (unpaired) electrons. The normalized spacial score (nSPS) is 13.2. The molecule has 1 N–H and O–H groups in total. The number of methoxy groups -OCH3 is 2. The molecule has 3 aromatic carbocycles. The number of hydrogen-bond acceptors (Lipinski definition) is 9. The molecule has 54 heavy (non-hydrogen) atoms. The smallest absolute Gasteiger partial charge is 0.416 e. The van der Waals surface area contributed by atoms with E-state index < -0.39 is 24.4 Å². The van der Waals surface area contributed by atoms with Crippen molar-refractivity contribution in [1.29, 1.82) is 0 Å². The maximum Gasteiger partial charge on any atom is 0.416 e. The summed E-state index contributed by atoms with van der Waals surface area (Å²) < 4.78 is 79.0. The van der Waals surface area contributed by atoms with Crippen LogP contribution in [0.1, 0.15) is 66.8 Å². The Labute approximate surface area is 312 Å². The molecular formula is C40H46F4N4O6. The summed E-state index contributed by atoms with van der Waals surface area (Å²) in [4.78, 5) is 24.2. The van der Waals surface area contributed by atoms with Crippen molar-refractivity contribution in [2.45, 2.75) is 65.0 Å². The number of carbonyl (C=O) groups is 1. The number of carboxylic acid groups (broad SMARTS) is 1. The van der Waals surface area contributed by atoms with E-state index in [1.165, 1.54) is 13.2 Å². The van der Waals surface area contributed by atoms with E-state index in [1.807, 2.05) is 24.3 Å². The first-order valence-corrected chi connectivity index (χ1v) is 17.8. The molecule has 1 aliphatic rings. The van der Waals surface area contributed by atoms with Gasteiger partial charge in [-0.2, -0.15) is 13.2 Å². The van der Waals surface area contributed by atoms with Gasteiger partial charge in [0.2, 0.25) is 5.95 Å². The van der Waals surface area contributed by atoms with Crippen molar-refractivity contribution in [3.63, 3.8) is 0 Å². The zero-order valence-electron chi connectivity index (χ0n) is 30.9. The average Bonchev–Trinajstić information content (AvgIpc) is 3.17. The number of alkyl halides is 4. The lowest BCUT2D eigenvalue weighted by molar-refractivity contribution is -0.138. The number of rotatable bonds is 17. The third-order valence-electron chi connectivity index (χ3n) is 9.16. The van der Waals surface area contributed by atoms with Crippen LogP contribution in [-0.2, 0) is 35.5 Å². The Morgan fingerprint density at radius 1 is 0.907 bits per heavy atom. The number of aliphatic carboxylic acids is 1. The summed E-state index contributed by atoms with van der Waals surface area (Å²) in [5.41, 5.74) is 3.17. The minimum Gasteiger partial charge on any atom is -0.496 e. The topological polar surface area (TPSA) is 106 Å². The van der Waals surface area contributed by atoms with E-state index in [2.05, 4.69) is 28.7 Å². The number of benzene rings is 3. The Kier molecular flexibility index (Phi) is 13.6. The van der Waals surface area contributed by atoms with Crippen molar-refractivity contribution >= 4 is 17.6 Å². The Bertz CT molecular complexity index is 1870. The third-order valence-corrected chi connectivity index (χ3v) is 9.16. The van der Waals surface area contributed by atoms with E-state index in [0.717, 1.165) is 28.9 Å². The van der Waals surface area contributed by atoms with Crippen molar-refractivity contribution in [2.75, 3.05) is 56.9 Å². The largest absolute Gasteiger partial charge is 0.496 e. The first-order valence-electron chi connectivity index (χ1n) is 17.8. The SMILES string of the molecule is COc1cc(CN(Cc2cc(CF)cc(C(F)(F)F)c2)c2ncc(N3CCOCC3)cn2)c(-c2cc(C(C)C)ccc2OC)cc1OCCCCC(=O)O. The van der Waals surface area contributed by atoms with Crippen LogP contribution in [0.3, 0.4) is 0 Å². The number of carboxylic acids is 1. The van der Waals surface area contributed by atoms with E-state index >= 15 is 0 Å². The lowest BCUT2D eigenvalue weighted by Gasteiger charge is -2.29. The number of nitrogens with zero attached hydrogens (tertiary/aromatic N) is 4. The molecule has 0 spiro atoms. The molecule has 0 amide bonds. The number of aromatic nitrogens is 2. The van der Waals surface area contributed by atoms with Gasteiger partial charge >= 0.3 is 12.1 Å². The van der Waals surface area contributed by atoms with E-state index in [1.54, 1.807) is 30.5 Å². The molecule has 0 atom stereocenters. The Hall–Kier alpha value is -5.11. The number of morpholine rings is 1. The van der Waals surface area contributed by atoms with E-state index in [0.29, 0.717) is 67.5 Å². The summed E-state index contributed by atoms with van der Waals surface area (Å²) in [7, 11) is 3.08. The lowest BCUT2D eigenvalue weighted by atomic mass is 9.93. The summed E-state index contributed by atoms with van der Waals surface area (Å²) in [6.45, 7) is 5.80. The molecule has 1 saturated heterocycles. The predicted molar refractivity (Wildman–Crippen MR) is 197 cm³/mol. The van der Waals surface area contributed by atoms with Crippen LogP contribution in [0.25, 0.3) is 11.1 Å². The average molecular weight is 755 g/mol. The minimum absolute atomic E-state index is 0.0217. The molecule has 5 rings (SSSR count). The van der Waals surface area contributed by atoms with E-state index in [4.69, 9.17) is 24.1 Å². The van der Waals surface area contributed by atoms with Crippen LogP contribution in [0.5, 0.6) is 17.2 Å². The first kappa shape index (κ1) is 40.1. The molecule has 1 aromatic heterocycles. The molecule has 1 fully saturated rings. The Balaban J connectivity index is 1.62. The summed E-state index contributed by atoms with van der Waals surface area (Å²) in [5.74, 6) is 0.951. The zero-order valence-corrected chi connectivity index (χ0v) is 30.9. The number of unbranched alkanes of at least 4 members (excludes halogenated alkanes) is 1. The molecule has 290 valence electrons. The Morgan fingerprint density at radius 3 is 2.24 bits per heavy atom. The van der Waals surface area contributed by atoms with Crippen molar-refractivity contribution in [3.8, 4) is 28.4 Å². The second-order valence-corrected chi connectivity index (χ2v) is 13.3. The third kappa shape index (κ3) is 10.3. The van der Waals surface area contributed by atoms with Crippen LogP contribution in [0.15, 0.2) is 60.9 Å². The fraction of sp³-hybridized carbons (Fsp3) is 0.425. The summed E-state index contributed by atoms with van der Waals surface area (Å²) in [5, 5.41) is 9.05. The van der Waals surface area contributed by atoms with Gasteiger partial charge in [0.1, 0.15) is 12.4 Å². The van der Waals surface area contributed by atoms with Gasteiger partial charge < -0.3 is 33.9 Å². The highest BCUT2D eigenvalue weighted by molar-refractivity contribution is 5.77. The van der Waals surface area contributed by atoms with Crippen molar-refractivity contribution in [2.24, 2.45) is 0 Å². The lowest BCUT2D eigenvalue weighted by Crippen LogP contribution is -2.36. The van der Waals surface area contributed by atoms with E-state index in [9.17, 15) is 22.4 Å². The second-order valence-electron chi connectivity index (χ2n) is 13.3. The first-order chi connectivity index (χ1) is 25.9. The van der Waals surface area contributed by atoms with Crippen LogP contribution >= 0.6 is 0 Å². The van der Waals surface area contributed by atoms with Gasteiger partial charge in [-0.05, 0) is 83.0 Å². The fourth-order valence-corrected chi connectivity index (χ4v) is 6.29. The van der Waals surface area contributed by atoms with Crippen LogP contribution < -0.4 is 24.0 Å². The molecule has 0 aliphatic carbocycles. The fourth-order valence-electron chi connectivity index (χ4n) is 6.29. The molecule has 4 aromatic rings. The van der Waals surface area contributed by atoms with Gasteiger partial charge in [-0.15, -0.1) is 0 Å². The van der Waals surface area contributed by atoms with Gasteiger partial charge in [0.25, 0.3) is 0 Å². The van der Waals surface area contributed by atoms with Gasteiger partial charge in [0, 0.05) is 38.2 Å². The number of halogens is 4. The van der Waals surface area contributed by atoms with Crippen LogP contribution in [0.2, 0.25) is 0 Å². The van der Waals surface area contributed by atoms with Gasteiger partial charge in [-0.25, -0.2) is 14.4 Å². The van der Waals surface area contributed by atoms with Gasteiger partial charge in [-0.1, -0.05) is 26.0 Å². The summed E-state index contributed by atoms with van der Waals surface area (Å²) in [6.07, 6.45) is -0.361. The highest BCUT2D eigenvalue weighted by Crippen LogP contribution is 2.42. The van der Waals surface area contributed by atoms with E-state index in [-0.39, 0.29) is 49.1 Å². The number of ether oxygens (including phenoxy) is 4. The van der Waals surface area contributed by atoms with Crippen molar-refractivity contribution < 1.29 is 46.4 Å². The van der Waals surface area contributed by atoms with Gasteiger partial charge in [0.15, 0.2) is 11.5 Å². The van der Waals surface area contributed by atoms with Crippen LogP contribution in [0.4, 0.5) is 29.2 Å². The standard InChI is InChI=1S/C40H46F4N4O6/c1-26(2)29-8-9-35(51-3)34(18-29)33-20-37(54-12-6-5-7-38(49)50)36(52-4)19-30(33)25-48(24-28-15-27(21-41)16-31(17-28)40(42,43)44)39-45-22-32(23-46-39)47-10-13-53-14-11-47/h8-9,15-20,22-23,26H,5-7,10-14,21,24-25H2,1-4H3,(H,49,50). The monoisotopic (exact) mass is 754 g/mol. The molecule has 14 heteroatoms. The summed E-state index contributed by atoms with van der Waals surface area (Å²) >= 11 is 0. The molecule has 10 nitrogen and oxygen atoms in total. The van der Waals surface area contributed by atoms with Crippen molar-refractivity contribution in [3.05, 3.63) is 88.7 Å². The quantitative estimate of drug-likeness (QED) is 0.0834. The minimum atomic E-state index is -4.68. The molecule has 0 unspecified atom stereocenters. The molecule has 0 saturated carbocycles. The van der Waals surface area contributed by atoms with Crippen molar-refractivity contribution in [1.82, 2.24) is 9.97 Å². The summed E-state index contributed by atoms with van der Waals surface area (Å²) in [6, 6.07) is 12.8. The second kappa shape index (κ2) is 18.3. The maximum atomic E-state index is 14.0. The zero-order chi connectivity index (χ0) is 38.8. The van der Waals surface area contributed by atoms with Crippen LogP contribution in [0, 0.1) is 0 Å². The van der Waals surface area contributed by atoms with Gasteiger partial charge in [-0.3, -0.25) is 4.79 Å².